The van der Waals surface area contributed by atoms with Crippen molar-refractivity contribution in [2.75, 3.05) is 6.54 Å². The molecule has 2 unspecified atom stereocenters. The first-order valence-electron chi connectivity index (χ1n) is 6.87. The van der Waals surface area contributed by atoms with Gasteiger partial charge in [0.05, 0.1) is 6.20 Å². The highest BCUT2D eigenvalue weighted by molar-refractivity contribution is 5.93. The number of Topliss-reactive ketones (excluding diaryl/α,β-unsaturated/α-hetero) is 1. The summed E-state index contributed by atoms with van der Waals surface area (Å²) in [7, 11) is 0. The molecule has 0 aromatic carbocycles. The molecule has 1 aliphatic heterocycles. The second kappa shape index (κ2) is 5.07. The number of rotatable bonds is 2. The molecule has 2 aliphatic rings. The molecule has 1 saturated carbocycles. The largest absolute Gasteiger partial charge is 0.334 e. The number of likely N-dealkylation sites (tertiary alicyclic amines) is 1. The zero-order valence-corrected chi connectivity index (χ0v) is 10.8. The summed E-state index contributed by atoms with van der Waals surface area (Å²) in [5.41, 5.74) is 0.375. The second-order valence-electron chi connectivity index (χ2n) is 5.26. The maximum absolute atomic E-state index is 12.4. The molecule has 0 radical (unpaired) electrons. The summed E-state index contributed by atoms with van der Waals surface area (Å²) in [4.78, 5) is 34.2. The Labute approximate surface area is 112 Å². The van der Waals surface area contributed by atoms with E-state index in [0.29, 0.717) is 17.9 Å². The fraction of sp³-hybridized carbons (Fsp3) is 0.571. The summed E-state index contributed by atoms with van der Waals surface area (Å²) < 4.78 is 0. The minimum atomic E-state index is -0.0877. The molecule has 2 atom stereocenters. The lowest BCUT2D eigenvalue weighted by Crippen LogP contribution is -2.41. The van der Waals surface area contributed by atoms with Crippen LogP contribution in [0.5, 0.6) is 0 Å². The van der Waals surface area contributed by atoms with Gasteiger partial charge in [-0.3, -0.25) is 14.6 Å². The van der Waals surface area contributed by atoms with Gasteiger partial charge in [-0.15, -0.1) is 0 Å². The third kappa shape index (κ3) is 2.25. The Morgan fingerprint density at radius 3 is 2.84 bits per heavy atom. The van der Waals surface area contributed by atoms with Gasteiger partial charge in [-0.1, -0.05) is 0 Å². The van der Waals surface area contributed by atoms with Crippen LogP contribution in [0.15, 0.2) is 18.6 Å². The number of hydrogen-bond acceptors (Lipinski definition) is 4. The van der Waals surface area contributed by atoms with Crippen molar-refractivity contribution in [3.8, 4) is 0 Å². The Bertz CT molecular complexity index is 489. The Hall–Kier alpha value is -1.78. The average molecular weight is 259 g/mol. The lowest BCUT2D eigenvalue weighted by Gasteiger charge is -2.28. The number of carbonyl (C=O) groups excluding carboxylic acids is 2. The molecule has 1 aromatic rings. The second-order valence-corrected chi connectivity index (χ2v) is 5.26. The maximum atomic E-state index is 12.4. The first-order chi connectivity index (χ1) is 9.27. The van der Waals surface area contributed by atoms with E-state index in [1.807, 2.05) is 4.90 Å². The number of nitrogens with zero attached hydrogens (tertiary/aromatic N) is 3. The molecule has 1 amide bonds. The molecule has 1 aliphatic carbocycles. The van der Waals surface area contributed by atoms with Crippen molar-refractivity contribution in [1.29, 1.82) is 0 Å². The van der Waals surface area contributed by atoms with Crippen LogP contribution in [-0.2, 0) is 4.79 Å². The van der Waals surface area contributed by atoms with E-state index >= 15 is 0 Å². The molecule has 100 valence electrons. The number of amides is 1. The van der Waals surface area contributed by atoms with E-state index in [-0.39, 0.29) is 17.9 Å². The fourth-order valence-electron chi connectivity index (χ4n) is 3.27. The predicted octanol–water partition coefficient (Wildman–Crippen LogP) is 1.45. The Morgan fingerprint density at radius 1 is 1.26 bits per heavy atom. The van der Waals surface area contributed by atoms with Gasteiger partial charge < -0.3 is 4.90 Å². The van der Waals surface area contributed by atoms with Crippen LogP contribution in [0.1, 0.15) is 42.6 Å². The molecule has 2 fully saturated rings. The van der Waals surface area contributed by atoms with E-state index in [2.05, 4.69) is 9.97 Å². The summed E-state index contributed by atoms with van der Waals surface area (Å²) in [6, 6.07) is 0.0736. The zero-order valence-electron chi connectivity index (χ0n) is 10.8. The van der Waals surface area contributed by atoms with Crippen LogP contribution in [0.4, 0.5) is 0 Å². The highest BCUT2D eigenvalue weighted by Crippen LogP contribution is 2.33. The minimum Gasteiger partial charge on any atom is -0.334 e. The van der Waals surface area contributed by atoms with Crippen molar-refractivity contribution < 1.29 is 9.59 Å². The van der Waals surface area contributed by atoms with Crippen LogP contribution in [-0.4, -0.2) is 39.1 Å². The van der Waals surface area contributed by atoms with Crippen LogP contribution in [0.25, 0.3) is 0 Å². The van der Waals surface area contributed by atoms with E-state index in [0.717, 1.165) is 32.2 Å². The van der Waals surface area contributed by atoms with Gasteiger partial charge in [-0.25, -0.2) is 4.98 Å². The topological polar surface area (TPSA) is 63.2 Å². The molecular weight excluding hydrogens is 242 g/mol. The zero-order chi connectivity index (χ0) is 13.2. The van der Waals surface area contributed by atoms with Crippen molar-refractivity contribution in [2.24, 2.45) is 5.92 Å². The number of hydrogen-bond donors (Lipinski definition) is 0. The van der Waals surface area contributed by atoms with Gasteiger partial charge in [-0.2, -0.15) is 0 Å². The van der Waals surface area contributed by atoms with Crippen LogP contribution in [0.2, 0.25) is 0 Å². The summed E-state index contributed by atoms with van der Waals surface area (Å²) in [5.74, 6) is 0.280. The van der Waals surface area contributed by atoms with E-state index in [9.17, 15) is 9.59 Å². The molecule has 2 heterocycles. The predicted molar refractivity (Wildman–Crippen MR) is 68.4 cm³/mol. The van der Waals surface area contributed by atoms with Crippen molar-refractivity contribution in [3.05, 3.63) is 24.3 Å². The van der Waals surface area contributed by atoms with Gasteiger partial charge in [0.2, 0.25) is 0 Å². The van der Waals surface area contributed by atoms with Crippen molar-refractivity contribution >= 4 is 11.7 Å². The monoisotopic (exact) mass is 259 g/mol. The van der Waals surface area contributed by atoms with Crippen molar-refractivity contribution in [1.82, 2.24) is 14.9 Å². The number of carbonyl (C=O) groups is 2. The highest BCUT2D eigenvalue weighted by atomic mass is 16.2. The molecular formula is C14H17N3O2. The molecule has 0 spiro atoms. The smallest absolute Gasteiger partial charge is 0.274 e. The normalized spacial score (nSPS) is 26.9. The quantitative estimate of drug-likeness (QED) is 0.806. The summed E-state index contributed by atoms with van der Waals surface area (Å²) in [5, 5.41) is 0. The molecule has 5 heteroatoms. The SMILES string of the molecule is O=C1CCCC1C1CCCN1C(=O)c1cnccn1. The van der Waals surface area contributed by atoms with Crippen LogP contribution >= 0.6 is 0 Å². The van der Waals surface area contributed by atoms with Crippen LogP contribution in [0.3, 0.4) is 0 Å². The average Bonchev–Trinajstić information content (AvgIpc) is 3.07. The molecule has 19 heavy (non-hydrogen) atoms. The first-order valence-corrected chi connectivity index (χ1v) is 6.87. The number of aromatic nitrogens is 2. The Kier molecular flexibility index (Phi) is 3.27. The standard InChI is InChI=1S/C14H17N3O2/c18-13-5-1-3-10(13)12-4-2-8-17(12)14(19)11-9-15-6-7-16-11/h6-7,9-10,12H,1-5,8H2. The van der Waals surface area contributed by atoms with Crippen LogP contribution < -0.4 is 0 Å². The molecule has 1 aromatic heterocycles. The van der Waals surface area contributed by atoms with Gasteiger partial charge in [0, 0.05) is 37.3 Å². The molecule has 5 nitrogen and oxygen atoms in total. The van der Waals surface area contributed by atoms with Gasteiger partial charge in [-0.05, 0) is 25.7 Å². The molecule has 1 saturated heterocycles. The number of ketones is 1. The molecule has 0 N–H and O–H groups in total. The minimum absolute atomic E-state index is 0.0446. The van der Waals surface area contributed by atoms with E-state index in [1.54, 1.807) is 6.20 Å². The van der Waals surface area contributed by atoms with E-state index in [1.165, 1.54) is 12.4 Å². The summed E-state index contributed by atoms with van der Waals surface area (Å²) in [6.07, 6.45) is 9.05. The molecule has 0 bridgehead atoms. The first kappa shape index (κ1) is 12.3. The Balaban J connectivity index is 1.80. The van der Waals surface area contributed by atoms with Crippen LogP contribution in [0, 0.1) is 5.92 Å². The van der Waals surface area contributed by atoms with Gasteiger partial charge >= 0.3 is 0 Å². The third-order valence-corrected chi connectivity index (χ3v) is 4.16. The van der Waals surface area contributed by atoms with E-state index in [4.69, 9.17) is 0 Å². The van der Waals surface area contributed by atoms with Gasteiger partial charge in [0.15, 0.2) is 0 Å². The van der Waals surface area contributed by atoms with Gasteiger partial charge in [0.25, 0.3) is 5.91 Å². The van der Waals surface area contributed by atoms with Crippen molar-refractivity contribution in [3.63, 3.8) is 0 Å². The summed E-state index contributed by atoms with van der Waals surface area (Å²) >= 11 is 0. The third-order valence-electron chi connectivity index (χ3n) is 4.16. The summed E-state index contributed by atoms with van der Waals surface area (Å²) in [6.45, 7) is 0.726. The maximum Gasteiger partial charge on any atom is 0.274 e. The van der Waals surface area contributed by atoms with E-state index < -0.39 is 0 Å². The Morgan fingerprint density at radius 2 is 2.16 bits per heavy atom. The van der Waals surface area contributed by atoms with Gasteiger partial charge in [0.1, 0.15) is 11.5 Å². The fourth-order valence-corrected chi connectivity index (χ4v) is 3.27. The lowest BCUT2D eigenvalue weighted by atomic mass is 9.95. The van der Waals surface area contributed by atoms with Crippen molar-refractivity contribution in [2.45, 2.75) is 38.1 Å². The highest BCUT2D eigenvalue weighted by Gasteiger charge is 2.40. The lowest BCUT2D eigenvalue weighted by molar-refractivity contribution is -0.121. The molecule has 3 rings (SSSR count).